The molecule has 10 heteroatoms. The molecule has 1 atom stereocenters. The molecule has 0 bridgehead atoms. The second-order valence-corrected chi connectivity index (χ2v) is 7.63. The Morgan fingerprint density at radius 1 is 1.38 bits per heavy atom. The number of benzene rings is 1. The summed E-state index contributed by atoms with van der Waals surface area (Å²) in [6.07, 6.45) is 3.42. The molecule has 0 saturated heterocycles. The predicted octanol–water partition coefficient (Wildman–Crippen LogP) is 0.413. The standard InChI is InChI=1S/C16H19N3O6S/c1-19-10-11(8-17-19)7-12(16(20)21)9-18-26(22,23)14-4-2-3-13-15(14)25-6-5-24-13/h2-4,8,10,12,18H,5-7,9H2,1H3,(H,20,21). The third kappa shape index (κ3) is 3.97. The molecule has 2 N–H and O–H groups in total. The van der Waals surface area contributed by atoms with Crippen molar-refractivity contribution >= 4 is 16.0 Å². The number of carbonyl (C=O) groups is 1. The van der Waals surface area contributed by atoms with Crippen LogP contribution < -0.4 is 14.2 Å². The molecule has 2 aromatic rings. The molecular formula is C16H19N3O6S. The van der Waals surface area contributed by atoms with E-state index >= 15 is 0 Å². The van der Waals surface area contributed by atoms with Crippen molar-refractivity contribution in [3.8, 4) is 11.5 Å². The number of aliphatic carboxylic acids is 1. The van der Waals surface area contributed by atoms with Crippen LogP contribution in [0.2, 0.25) is 0 Å². The zero-order chi connectivity index (χ0) is 18.7. The summed E-state index contributed by atoms with van der Waals surface area (Å²) in [5.74, 6) is -1.52. The van der Waals surface area contributed by atoms with Gasteiger partial charge in [0.2, 0.25) is 10.0 Å². The maximum absolute atomic E-state index is 12.6. The van der Waals surface area contributed by atoms with Crippen molar-refractivity contribution in [1.29, 1.82) is 0 Å². The summed E-state index contributed by atoms with van der Waals surface area (Å²) in [7, 11) is -2.23. The molecule has 9 nitrogen and oxygen atoms in total. The summed E-state index contributed by atoms with van der Waals surface area (Å²) in [6.45, 7) is 0.339. The fraction of sp³-hybridized carbons (Fsp3) is 0.375. The Bertz CT molecular complexity index is 908. The summed E-state index contributed by atoms with van der Waals surface area (Å²) >= 11 is 0. The summed E-state index contributed by atoms with van der Waals surface area (Å²) in [6, 6.07) is 4.56. The summed E-state index contributed by atoms with van der Waals surface area (Å²) in [4.78, 5) is 11.4. The van der Waals surface area contributed by atoms with E-state index in [1.807, 2.05) is 0 Å². The van der Waals surface area contributed by atoms with Crippen LogP contribution in [0, 0.1) is 5.92 Å². The van der Waals surface area contributed by atoms with Gasteiger partial charge in [-0.2, -0.15) is 5.10 Å². The Morgan fingerprint density at radius 3 is 2.85 bits per heavy atom. The maximum Gasteiger partial charge on any atom is 0.308 e. The van der Waals surface area contributed by atoms with E-state index in [4.69, 9.17) is 9.47 Å². The van der Waals surface area contributed by atoms with Crippen LogP contribution in [0.5, 0.6) is 11.5 Å². The SMILES string of the molecule is Cn1cc(CC(CNS(=O)(=O)c2cccc3c2OCCO3)C(=O)O)cn1. The molecule has 1 aliphatic rings. The highest BCUT2D eigenvalue weighted by molar-refractivity contribution is 7.89. The fourth-order valence-electron chi connectivity index (χ4n) is 2.66. The number of carboxylic acid groups (broad SMARTS) is 1. The number of sulfonamides is 1. The van der Waals surface area contributed by atoms with E-state index in [0.29, 0.717) is 17.9 Å². The smallest absolute Gasteiger partial charge is 0.308 e. The van der Waals surface area contributed by atoms with Crippen LogP contribution in [0.4, 0.5) is 0 Å². The second-order valence-electron chi connectivity index (χ2n) is 5.89. The Kier molecular flexibility index (Phi) is 5.14. The third-order valence-electron chi connectivity index (χ3n) is 3.93. The molecule has 140 valence electrons. The highest BCUT2D eigenvalue weighted by atomic mass is 32.2. The highest BCUT2D eigenvalue weighted by Gasteiger charge is 2.27. The third-order valence-corrected chi connectivity index (χ3v) is 5.38. The zero-order valence-electron chi connectivity index (χ0n) is 14.1. The monoisotopic (exact) mass is 381 g/mol. The number of carboxylic acids is 1. The van der Waals surface area contributed by atoms with Gasteiger partial charge in [-0.25, -0.2) is 13.1 Å². The number of fused-ring (bicyclic) bond motifs is 1. The van der Waals surface area contributed by atoms with Crippen molar-refractivity contribution in [3.63, 3.8) is 0 Å². The minimum Gasteiger partial charge on any atom is -0.486 e. The van der Waals surface area contributed by atoms with E-state index in [0.717, 1.165) is 0 Å². The lowest BCUT2D eigenvalue weighted by atomic mass is 10.0. The molecule has 0 radical (unpaired) electrons. The molecule has 0 aliphatic carbocycles. The minimum atomic E-state index is -3.96. The second kappa shape index (κ2) is 7.34. The molecular weight excluding hydrogens is 362 g/mol. The van der Waals surface area contributed by atoms with Crippen LogP contribution in [0.3, 0.4) is 0 Å². The average Bonchev–Trinajstić information content (AvgIpc) is 3.02. The first-order valence-corrected chi connectivity index (χ1v) is 9.44. The van der Waals surface area contributed by atoms with E-state index in [-0.39, 0.29) is 30.2 Å². The number of aromatic nitrogens is 2. The van der Waals surface area contributed by atoms with Crippen molar-refractivity contribution in [2.75, 3.05) is 19.8 Å². The van der Waals surface area contributed by atoms with Crippen molar-refractivity contribution in [3.05, 3.63) is 36.2 Å². The summed E-state index contributed by atoms with van der Waals surface area (Å²) in [5.41, 5.74) is 0.716. The largest absolute Gasteiger partial charge is 0.486 e. The van der Waals surface area contributed by atoms with Crippen LogP contribution >= 0.6 is 0 Å². The number of para-hydroxylation sites is 1. The van der Waals surface area contributed by atoms with Crippen molar-refractivity contribution in [2.45, 2.75) is 11.3 Å². The molecule has 26 heavy (non-hydrogen) atoms. The van der Waals surface area contributed by atoms with Gasteiger partial charge in [0.05, 0.1) is 12.1 Å². The van der Waals surface area contributed by atoms with Crippen molar-refractivity contribution < 1.29 is 27.8 Å². The number of ether oxygens (including phenoxy) is 2. The molecule has 3 rings (SSSR count). The van der Waals surface area contributed by atoms with Crippen molar-refractivity contribution in [2.24, 2.45) is 13.0 Å². The number of hydrogen-bond donors (Lipinski definition) is 2. The number of aryl methyl sites for hydroxylation is 1. The number of nitrogens with one attached hydrogen (secondary N) is 1. The van der Waals surface area contributed by atoms with Crippen LogP contribution in [-0.2, 0) is 28.3 Å². The fourth-order valence-corrected chi connectivity index (χ4v) is 3.89. The quantitative estimate of drug-likeness (QED) is 0.713. The normalized spacial score (nSPS) is 14.8. The van der Waals surface area contributed by atoms with E-state index in [9.17, 15) is 18.3 Å². The maximum atomic E-state index is 12.6. The first-order valence-electron chi connectivity index (χ1n) is 7.95. The predicted molar refractivity (Wildman–Crippen MR) is 90.7 cm³/mol. The topological polar surface area (TPSA) is 120 Å². The van der Waals surface area contributed by atoms with E-state index < -0.39 is 21.9 Å². The van der Waals surface area contributed by atoms with Crippen LogP contribution in [0.1, 0.15) is 5.56 Å². The lowest BCUT2D eigenvalue weighted by molar-refractivity contribution is -0.141. The lowest BCUT2D eigenvalue weighted by Gasteiger charge is -2.21. The van der Waals surface area contributed by atoms with Crippen LogP contribution in [0.25, 0.3) is 0 Å². The van der Waals surface area contributed by atoms with Gasteiger partial charge in [-0.3, -0.25) is 9.48 Å². The highest BCUT2D eigenvalue weighted by Crippen LogP contribution is 2.36. The van der Waals surface area contributed by atoms with Gasteiger partial charge in [0.25, 0.3) is 0 Å². The molecule has 0 amide bonds. The Labute approximate surface area is 150 Å². The molecule has 2 heterocycles. The van der Waals surface area contributed by atoms with Gasteiger partial charge < -0.3 is 14.6 Å². The van der Waals surface area contributed by atoms with Crippen molar-refractivity contribution in [1.82, 2.24) is 14.5 Å². The first kappa shape index (κ1) is 18.2. The van der Waals surface area contributed by atoms with Gasteiger partial charge in [-0.05, 0) is 24.1 Å². The number of rotatable bonds is 7. The van der Waals surface area contributed by atoms with Gasteiger partial charge in [0, 0.05) is 19.8 Å². The van der Waals surface area contributed by atoms with Gasteiger partial charge >= 0.3 is 5.97 Å². The molecule has 0 spiro atoms. The molecule has 0 fully saturated rings. The van der Waals surface area contributed by atoms with Gasteiger partial charge in [-0.15, -0.1) is 0 Å². The Balaban J connectivity index is 1.75. The molecule has 1 aliphatic heterocycles. The van der Waals surface area contributed by atoms with Crippen LogP contribution in [-0.4, -0.2) is 49.0 Å². The van der Waals surface area contributed by atoms with Gasteiger partial charge in [0.1, 0.15) is 18.1 Å². The average molecular weight is 381 g/mol. The summed E-state index contributed by atoms with van der Waals surface area (Å²) in [5, 5.41) is 13.4. The first-order chi connectivity index (χ1) is 12.4. The van der Waals surface area contributed by atoms with E-state index in [1.54, 1.807) is 36.3 Å². The van der Waals surface area contributed by atoms with E-state index in [2.05, 4.69) is 9.82 Å². The zero-order valence-corrected chi connectivity index (χ0v) is 14.9. The van der Waals surface area contributed by atoms with E-state index in [1.165, 1.54) is 6.07 Å². The Morgan fingerprint density at radius 2 is 2.15 bits per heavy atom. The van der Waals surface area contributed by atoms with Crippen LogP contribution in [0.15, 0.2) is 35.5 Å². The molecule has 0 saturated carbocycles. The molecule has 1 aromatic carbocycles. The minimum absolute atomic E-state index is 0.0692. The Hall–Kier alpha value is -2.59. The molecule has 1 aromatic heterocycles. The van der Waals surface area contributed by atoms with Gasteiger partial charge in [0.15, 0.2) is 11.5 Å². The number of nitrogens with zero attached hydrogens (tertiary/aromatic N) is 2. The van der Waals surface area contributed by atoms with Gasteiger partial charge in [-0.1, -0.05) is 6.07 Å². The molecule has 1 unspecified atom stereocenters. The number of hydrogen-bond acceptors (Lipinski definition) is 6. The summed E-state index contributed by atoms with van der Waals surface area (Å²) < 4.78 is 40.0. The lowest BCUT2D eigenvalue weighted by Crippen LogP contribution is -2.34.